The van der Waals surface area contributed by atoms with Gasteiger partial charge in [-0.2, -0.15) is 0 Å². The van der Waals surface area contributed by atoms with Gasteiger partial charge in [-0.1, -0.05) is 0 Å². The number of rotatable bonds is 0. The van der Waals surface area contributed by atoms with Gasteiger partial charge in [-0.15, -0.1) is 17.0 Å². The third-order valence-corrected chi connectivity index (χ3v) is 0. The monoisotopic (exact) mass is 220 g/mol. The topological polar surface area (TPSA) is 0 Å². The van der Waals surface area contributed by atoms with Crippen LogP contribution in [0.25, 0.3) is 0 Å². The van der Waals surface area contributed by atoms with E-state index in [2.05, 4.69) is 0 Å². The molecule has 6 heteroatoms. The number of hydrogen-bond donors (Lipinski definition) is 0. The van der Waals surface area contributed by atoms with Gasteiger partial charge in [0.05, 0.1) is 0 Å². The molecule has 0 fully saturated rings. The fourth-order valence-corrected chi connectivity index (χ4v) is 0. The molecule has 38 valence electrons. The van der Waals surface area contributed by atoms with Crippen LogP contribution in [0.15, 0.2) is 0 Å². The Balaban J connectivity index is 0. The van der Waals surface area contributed by atoms with E-state index in [1.807, 2.05) is 0 Å². The predicted octanol–water partition coefficient (Wildman–Crippen LogP) is 2.26. The Bertz CT molecular complexity index is 23.0. The van der Waals surface area contributed by atoms with Crippen molar-refractivity contribution in [1.82, 2.24) is 0 Å². The van der Waals surface area contributed by atoms with E-state index in [9.17, 15) is 13.3 Å². The average molecular weight is 222 g/mol. The van der Waals surface area contributed by atoms with E-state index in [1.165, 1.54) is 0 Å². The molecule has 0 unspecified atom stereocenters. The van der Waals surface area contributed by atoms with E-state index in [0.717, 1.165) is 0 Å². The molecule has 0 aromatic carbocycles. The minimum atomic E-state index is -7.25. The summed E-state index contributed by atoms with van der Waals surface area (Å²) in [5, 5.41) is 0. The van der Waals surface area contributed by atoms with Crippen molar-refractivity contribution >= 4 is 17.0 Å². The summed E-state index contributed by atoms with van der Waals surface area (Å²) in [6, 6.07) is 0. The molecule has 0 rings (SSSR count). The van der Waals surface area contributed by atoms with Crippen molar-refractivity contribution in [2.24, 2.45) is 0 Å². The van der Waals surface area contributed by atoms with Crippen molar-refractivity contribution in [3.63, 3.8) is 0 Å². The van der Waals surface area contributed by atoms with Crippen molar-refractivity contribution < 1.29 is 30.0 Å². The van der Waals surface area contributed by atoms with Crippen molar-refractivity contribution in [1.29, 1.82) is 0 Å². The molecule has 0 saturated carbocycles. The molecule has 0 aromatic rings. The summed E-state index contributed by atoms with van der Waals surface area (Å²) in [5.41, 5.74) is 0. The van der Waals surface area contributed by atoms with E-state index < -0.39 is 16.8 Å². The van der Waals surface area contributed by atoms with Crippen molar-refractivity contribution in [2.75, 3.05) is 0 Å². The fourth-order valence-electron chi connectivity index (χ4n) is 0. The van der Waals surface area contributed by atoms with Gasteiger partial charge < -0.3 is 0 Å². The average Bonchev–Trinajstić information content (AvgIpc) is 0.722. The maximum atomic E-state index is 9.91. The van der Waals surface area contributed by atoms with Gasteiger partial charge >= 0.3 is 30.0 Å². The summed E-state index contributed by atoms with van der Waals surface area (Å²) in [6.45, 7) is 0. The Morgan fingerprint density at radius 2 is 0.833 bits per heavy atom. The van der Waals surface area contributed by atoms with Crippen LogP contribution < -0.4 is 0 Å². The molecule has 0 heterocycles. The summed E-state index contributed by atoms with van der Waals surface area (Å²) in [4.78, 5) is 0. The van der Waals surface area contributed by atoms with Gasteiger partial charge in [-0.3, -0.25) is 0 Å². The van der Waals surface area contributed by atoms with Gasteiger partial charge in [0.25, 0.3) is 0 Å². The van der Waals surface area contributed by atoms with Crippen LogP contribution in [-0.4, -0.2) is 0 Å². The molecule has 0 aliphatic carbocycles. The predicted molar refractivity (Wildman–Crippen MR) is 14.8 cm³/mol. The Morgan fingerprint density at radius 1 is 0.833 bits per heavy atom. The Labute approximate surface area is 47.4 Å². The molecule has 0 amide bonds. The van der Waals surface area contributed by atoms with Crippen LogP contribution in [0.2, 0.25) is 0 Å². The van der Waals surface area contributed by atoms with E-state index in [4.69, 9.17) is 0 Å². The van der Waals surface area contributed by atoms with Crippen molar-refractivity contribution in [3.8, 4) is 0 Å². The Kier molecular flexibility index (Phi) is 4.82. The van der Waals surface area contributed by atoms with Crippen LogP contribution in [0.5, 0.6) is 0 Å². The van der Waals surface area contributed by atoms with Gasteiger partial charge in [-0.05, 0) is 0 Å². The summed E-state index contributed by atoms with van der Waals surface area (Å²) in [6.07, 6.45) is 0. The molecule has 0 nitrogen and oxygen atoms in total. The molecule has 0 atom stereocenters. The normalized spacial score (nSPS) is 7.33. The van der Waals surface area contributed by atoms with Crippen LogP contribution in [0, 0.1) is 0 Å². The molecule has 0 spiro atoms. The second kappa shape index (κ2) is 2.91. The molecule has 0 N–H and O–H groups in total. The zero-order valence-electron chi connectivity index (χ0n) is 2.63. The van der Waals surface area contributed by atoms with Crippen molar-refractivity contribution in [2.45, 2.75) is 0 Å². The Hall–Kier alpha value is 0.823. The first kappa shape index (κ1) is 9.95. The standard InChI is InChI=1S/BrH.4FH.Zn/h5*1H;/q;;;;;+4/p-4. The molecular formula is HBrF4Zn. The van der Waals surface area contributed by atoms with Gasteiger partial charge in [0.2, 0.25) is 0 Å². The van der Waals surface area contributed by atoms with E-state index in [1.54, 1.807) is 0 Å². The molecule has 6 heavy (non-hydrogen) atoms. The molecule has 0 radical (unpaired) electrons. The SMILES string of the molecule is Br.[F][Zn]([F])([F])[F]. The first-order chi connectivity index (χ1) is 2.00. The van der Waals surface area contributed by atoms with Crippen molar-refractivity contribution in [3.05, 3.63) is 0 Å². The molecule has 0 aliphatic heterocycles. The number of halogens is 5. The third-order valence-electron chi connectivity index (χ3n) is 0. The van der Waals surface area contributed by atoms with Gasteiger partial charge in [0.1, 0.15) is 0 Å². The molecular weight excluding hydrogens is 221 g/mol. The zero-order valence-corrected chi connectivity index (χ0v) is 7.31. The van der Waals surface area contributed by atoms with E-state index >= 15 is 0 Å². The summed E-state index contributed by atoms with van der Waals surface area (Å²) in [7, 11) is 0. The van der Waals surface area contributed by atoms with Crippen LogP contribution in [0.1, 0.15) is 0 Å². The van der Waals surface area contributed by atoms with Crippen LogP contribution in [0.4, 0.5) is 13.3 Å². The van der Waals surface area contributed by atoms with Crippen LogP contribution in [-0.2, 0) is 16.8 Å². The summed E-state index contributed by atoms with van der Waals surface area (Å²) in [5.74, 6) is 0. The second-order valence-electron chi connectivity index (χ2n) is 0.606. The molecule has 0 aliphatic rings. The van der Waals surface area contributed by atoms with Gasteiger partial charge in [-0.25, -0.2) is 0 Å². The van der Waals surface area contributed by atoms with Crippen LogP contribution in [0.3, 0.4) is 0 Å². The first-order valence-electron chi connectivity index (χ1n) is 1.07. The Morgan fingerprint density at radius 3 is 0.833 bits per heavy atom. The fraction of sp³-hybridized carbons (Fsp3) is 0. The second-order valence-corrected chi connectivity index (χ2v) is 3.15. The maximum absolute atomic E-state index is 9.91. The van der Waals surface area contributed by atoms with E-state index in [-0.39, 0.29) is 17.0 Å². The zero-order chi connectivity index (χ0) is 4.50. The molecule has 0 saturated heterocycles. The van der Waals surface area contributed by atoms with Crippen LogP contribution >= 0.6 is 17.0 Å². The van der Waals surface area contributed by atoms with Gasteiger partial charge in [0.15, 0.2) is 0 Å². The number of hydrogen-bond acceptors (Lipinski definition) is 0. The summed E-state index contributed by atoms with van der Waals surface area (Å²) >= 11 is -7.25. The molecule has 0 aromatic heterocycles. The quantitative estimate of drug-likeness (QED) is 0.435. The van der Waals surface area contributed by atoms with Gasteiger partial charge in [0, 0.05) is 0 Å². The summed E-state index contributed by atoms with van der Waals surface area (Å²) < 4.78 is 39.6. The van der Waals surface area contributed by atoms with E-state index in [0.29, 0.717) is 0 Å². The minimum absolute atomic E-state index is 0. The molecule has 0 bridgehead atoms. The first-order valence-corrected chi connectivity index (χ1v) is 5.55. The third kappa shape index (κ3) is 104.